The molecule has 0 aliphatic carbocycles. The van der Waals surface area contributed by atoms with Crippen LogP contribution >= 0.6 is 0 Å². The molecule has 0 amide bonds. The summed E-state index contributed by atoms with van der Waals surface area (Å²) in [5.74, 6) is 0. The lowest BCUT2D eigenvalue weighted by atomic mass is 10.0. The maximum atomic E-state index is 6.36. The summed E-state index contributed by atoms with van der Waals surface area (Å²) < 4.78 is 17.1. The molecular weight excluding hydrogens is 232 g/mol. The van der Waals surface area contributed by atoms with Crippen LogP contribution in [0.15, 0.2) is 0 Å². The van der Waals surface area contributed by atoms with Gasteiger partial charge in [-0.25, -0.2) is 0 Å². The smallest absolute Gasteiger partial charge is 0.190 e. The van der Waals surface area contributed by atoms with Gasteiger partial charge in [-0.1, -0.05) is 6.42 Å². The molecule has 2 aliphatic heterocycles. The van der Waals surface area contributed by atoms with Crippen molar-refractivity contribution in [2.24, 2.45) is 0 Å². The first kappa shape index (κ1) is 13.5. The monoisotopic (exact) mass is 258 g/mol. The second-order valence-electron chi connectivity index (χ2n) is 6.30. The molecule has 17 heavy (non-hydrogen) atoms. The van der Waals surface area contributed by atoms with E-state index in [0.717, 1.165) is 26.2 Å². The zero-order valence-electron chi connectivity index (χ0n) is 11.5. The van der Waals surface area contributed by atoms with Gasteiger partial charge < -0.3 is 13.9 Å². The highest BCUT2D eigenvalue weighted by atomic mass is 28.4. The first-order valence-corrected chi connectivity index (χ1v) is 9.71. The van der Waals surface area contributed by atoms with Gasteiger partial charge in [-0.2, -0.15) is 0 Å². The van der Waals surface area contributed by atoms with Crippen LogP contribution in [-0.4, -0.2) is 39.8 Å². The lowest BCUT2D eigenvalue weighted by Crippen LogP contribution is -2.47. The summed E-state index contributed by atoms with van der Waals surface area (Å²) in [6.45, 7) is 9.40. The predicted molar refractivity (Wildman–Crippen MR) is 70.8 cm³/mol. The van der Waals surface area contributed by atoms with E-state index in [-0.39, 0.29) is 5.60 Å². The molecule has 0 spiro atoms. The fraction of sp³-hybridized carbons (Fsp3) is 1.00. The Morgan fingerprint density at radius 2 is 2.18 bits per heavy atom. The van der Waals surface area contributed by atoms with Gasteiger partial charge >= 0.3 is 0 Å². The van der Waals surface area contributed by atoms with E-state index in [1.54, 1.807) is 0 Å². The largest absolute Gasteiger partial charge is 0.412 e. The average Bonchev–Trinajstić information content (AvgIpc) is 2.98. The highest BCUT2D eigenvalue weighted by Gasteiger charge is 2.38. The topological polar surface area (TPSA) is 31.0 Å². The summed E-state index contributed by atoms with van der Waals surface area (Å²) >= 11 is 0. The van der Waals surface area contributed by atoms with Crippen molar-refractivity contribution in [2.75, 3.05) is 19.8 Å². The number of hydrogen-bond acceptors (Lipinski definition) is 3. The van der Waals surface area contributed by atoms with Gasteiger partial charge in [0.1, 0.15) is 6.10 Å². The number of ether oxygens (including phenoxy) is 2. The molecule has 0 aromatic heterocycles. The molecule has 0 saturated carbocycles. The first-order valence-electron chi connectivity index (χ1n) is 6.89. The predicted octanol–water partition coefficient (Wildman–Crippen LogP) is 2.96. The number of rotatable bonds is 6. The molecular formula is C13H26O3Si. The van der Waals surface area contributed by atoms with Gasteiger partial charge in [0.2, 0.25) is 0 Å². The van der Waals surface area contributed by atoms with Crippen LogP contribution in [-0.2, 0) is 13.9 Å². The van der Waals surface area contributed by atoms with Crippen molar-refractivity contribution in [2.45, 2.75) is 63.5 Å². The van der Waals surface area contributed by atoms with E-state index in [1.165, 1.54) is 24.9 Å². The van der Waals surface area contributed by atoms with Crippen LogP contribution in [0.25, 0.3) is 0 Å². The van der Waals surface area contributed by atoms with Gasteiger partial charge in [-0.15, -0.1) is 0 Å². The molecule has 3 nitrogen and oxygen atoms in total. The minimum absolute atomic E-state index is 0.113. The van der Waals surface area contributed by atoms with Crippen LogP contribution < -0.4 is 0 Å². The van der Waals surface area contributed by atoms with Crippen LogP contribution in [0.4, 0.5) is 0 Å². The maximum absolute atomic E-state index is 6.36. The van der Waals surface area contributed by atoms with Gasteiger partial charge in [-0.05, 0) is 45.3 Å². The summed E-state index contributed by atoms with van der Waals surface area (Å²) in [5, 5.41) is 0. The fourth-order valence-electron chi connectivity index (χ4n) is 2.76. The number of hydrogen-bond donors (Lipinski definition) is 0. The Morgan fingerprint density at radius 3 is 2.82 bits per heavy atom. The zero-order valence-corrected chi connectivity index (χ0v) is 12.5. The van der Waals surface area contributed by atoms with Crippen molar-refractivity contribution in [1.29, 1.82) is 0 Å². The van der Waals surface area contributed by atoms with Crippen molar-refractivity contribution in [3.8, 4) is 0 Å². The second-order valence-corrected chi connectivity index (χ2v) is 10.4. The molecule has 0 bridgehead atoms. The van der Waals surface area contributed by atoms with E-state index in [2.05, 4.69) is 20.4 Å². The van der Waals surface area contributed by atoms with E-state index in [9.17, 15) is 0 Å². The quantitative estimate of drug-likeness (QED) is 0.417. The molecule has 2 saturated heterocycles. The molecule has 2 fully saturated rings. The zero-order chi connectivity index (χ0) is 12.4. The van der Waals surface area contributed by atoms with Gasteiger partial charge in [-0.3, -0.25) is 0 Å². The molecule has 0 N–H and O–H groups in total. The molecule has 100 valence electrons. The normalized spacial score (nSPS) is 35.8. The average molecular weight is 258 g/mol. The Morgan fingerprint density at radius 1 is 1.41 bits per heavy atom. The highest BCUT2D eigenvalue weighted by molar-refractivity contribution is 6.72. The van der Waals surface area contributed by atoms with E-state index < -0.39 is 8.32 Å². The Bertz CT molecular complexity index is 253. The highest BCUT2D eigenvalue weighted by Crippen LogP contribution is 2.35. The third-order valence-corrected chi connectivity index (χ3v) is 7.58. The van der Waals surface area contributed by atoms with Crippen LogP contribution in [0.5, 0.6) is 0 Å². The van der Waals surface area contributed by atoms with Crippen molar-refractivity contribution in [3.63, 3.8) is 0 Å². The Kier molecular flexibility index (Phi) is 4.29. The number of epoxide rings is 1. The lowest BCUT2D eigenvalue weighted by Gasteiger charge is -2.42. The minimum atomic E-state index is -1.44. The fourth-order valence-corrected chi connectivity index (χ4v) is 6.47. The third kappa shape index (κ3) is 4.70. The van der Waals surface area contributed by atoms with Gasteiger partial charge in [0, 0.05) is 6.61 Å². The van der Waals surface area contributed by atoms with Crippen LogP contribution in [0.1, 0.15) is 33.1 Å². The van der Waals surface area contributed by atoms with Crippen LogP contribution in [0, 0.1) is 0 Å². The molecule has 0 radical (unpaired) electrons. The van der Waals surface area contributed by atoms with E-state index in [1.807, 2.05) is 0 Å². The van der Waals surface area contributed by atoms with Crippen molar-refractivity contribution in [1.82, 2.24) is 0 Å². The molecule has 4 heteroatoms. The summed E-state index contributed by atoms with van der Waals surface area (Å²) in [4.78, 5) is 0. The molecule has 2 atom stereocenters. The minimum Gasteiger partial charge on any atom is -0.412 e. The Balaban J connectivity index is 1.62. The molecule has 2 unspecified atom stereocenters. The Labute approximate surface area is 106 Å². The second kappa shape index (κ2) is 5.39. The SMILES string of the molecule is CC1(C)CCC[Si](C)(CCCOCC2CO2)O1. The summed E-state index contributed by atoms with van der Waals surface area (Å²) in [5.41, 5.74) is 0.113. The van der Waals surface area contributed by atoms with Gasteiger partial charge in [0.15, 0.2) is 8.32 Å². The standard InChI is InChI=1S/C13H26O3Si/c1-13(2)6-4-8-17(3,16-13)9-5-7-14-10-12-11-15-12/h12H,4-11H2,1-3H3. The van der Waals surface area contributed by atoms with Crippen molar-refractivity contribution in [3.05, 3.63) is 0 Å². The molecule has 2 heterocycles. The molecule has 2 aliphatic rings. The van der Waals surface area contributed by atoms with Gasteiger partial charge in [0.05, 0.1) is 18.8 Å². The van der Waals surface area contributed by atoms with Crippen LogP contribution in [0.3, 0.4) is 0 Å². The molecule has 0 aromatic carbocycles. The molecule has 0 aromatic rings. The first-order chi connectivity index (χ1) is 7.99. The summed E-state index contributed by atoms with van der Waals surface area (Å²) in [6.07, 6.45) is 4.09. The lowest BCUT2D eigenvalue weighted by molar-refractivity contribution is 0.0675. The maximum Gasteiger partial charge on any atom is 0.190 e. The van der Waals surface area contributed by atoms with Crippen molar-refractivity contribution >= 4 is 8.32 Å². The van der Waals surface area contributed by atoms with E-state index >= 15 is 0 Å². The van der Waals surface area contributed by atoms with Crippen LogP contribution in [0.2, 0.25) is 18.6 Å². The summed E-state index contributed by atoms with van der Waals surface area (Å²) in [7, 11) is -1.44. The molecule has 2 rings (SSSR count). The van der Waals surface area contributed by atoms with E-state index in [4.69, 9.17) is 13.9 Å². The van der Waals surface area contributed by atoms with E-state index in [0.29, 0.717) is 6.10 Å². The Hall–Kier alpha value is 0.0969. The van der Waals surface area contributed by atoms with Crippen molar-refractivity contribution < 1.29 is 13.9 Å². The van der Waals surface area contributed by atoms with Gasteiger partial charge in [0.25, 0.3) is 0 Å². The summed E-state index contributed by atoms with van der Waals surface area (Å²) in [6, 6.07) is 2.56. The third-order valence-electron chi connectivity index (χ3n) is 3.71.